The Labute approximate surface area is 265 Å². The van der Waals surface area contributed by atoms with Crippen LogP contribution in [0.1, 0.15) is 161 Å². The van der Waals surface area contributed by atoms with Gasteiger partial charge >= 0.3 is 0 Å². The Kier molecular flexibility index (Phi) is 16.0. The molecule has 0 spiro atoms. The first-order valence-electron chi connectivity index (χ1n) is 18.8. The maximum atomic E-state index is 6.19. The number of rotatable bonds is 20. The number of hydrogen-bond donors (Lipinski definition) is 0. The van der Waals surface area contributed by atoms with Gasteiger partial charge in [-0.1, -0.05) is 136 Å². The molecule has 43 heavy (non-hydrogen) atoms. The third kappa shape index (κ3) is 12.9. The van der Waals surface area contributed by atoms with E-state index >= 15 is 0 Å². The minimum Gasteiger partial charge on any atom is -0.493 e. The van der Waals surface area contributed by atoms with Crippen LogP contribution in [0.2, 0.25) is 0 Å². The predicted octanol–water partition coefficient (Wildman–Crippen LogP) is 12.2. The van der Waals surface area contributed by atoms with Gasteiger partial charge in [-0.05, 0) is 79.2 Å². The number of aromatic nitrogens is 2. The van der Waals surface area contributed by atoms with Gasteiger partial charge in [0.25, 0.3) is 0 Å². The normalized spacial score (nSPS) is 22.5. The maximum Gasteiger partial charge on any atom is 0.159 e. The predicted molar refractivity (Wildman–Crippen MR) is 184 cm³/mol. The number of ether oxygens (including phenoxy) is 1. The summed E-state index contributed by atoms with van der Waals surface area (Å²) in [4.78, 5) is 9.45. The van der Waals surface area contributed by atoms with Crippen molar-refractivity contribution in [3.8, 4) is 17.1 Å². The zero-order chi connectivity index (χ0) is 30.0. The van der Waals surface area contributed by atoms with Gasteiger partial charge in [0.05, 0.1) is 6.61 Å². The summed E-state index contributed by atoms with van der Waals surface area (Å²) in [7, 11) is 0. The number of aryl methyl sites for hydroxylation is 1. The Morgan fingerprint density at radius 1 is 0.558 bits per heavy atom. The minimum absolute atomic E-state index is 0.715. The quantitative estimate of drug-likeness (QED) is 0.144. The van der Waals surface area contributed by atoms with E-state index in [0.29, 0.717) is 5.92 Å². The van der Waals surface area contributed by atoms with E-state index in [1.54, 1.807) is 0 Å². The third-order valence-electron chi connectivity index (χ3n) is 10.8. The van der Waals surface area contributed by atoms with Crippen molar-refractivity contribution in [2.24, 2.45) is 23.7 Å². The van der Waals surface area contributed by atoms with Crippen molar-refractivity contribution in [3.05, 3.63) is 42.2 Å². The van der Waals surface area contributed by atoms with Gasteiger partial charge in [0.15, 0.2) is 5.82 Å². The van der Waals surface area contributed by atoms with Gasteiger partial charge in [0.1, 0.15) is 5.75 Å². The standard InChI is InChI=1S/C40H64N2O/c1-3-5-7-8-9-10-11-13-15-34-16-18-35(19-17-34)22-25-37-30-41-40(42-31-37)38-26-28-39(29-27-38)43-32-36-23-20-33(21-24-36)14-12-6-4-2/h26-31,33-36H,3-25,32H2,1-2H3. The molecule has 0 unspecified atom stereocenters. The molecule has 3 heteroatoms. The van der Waals surface area contributed by atoms with E-state index in [1.165, 1.54) is 147 Å². The number of hydrogen-bond acceptors (Lipinski definition) is 3. The first kappa shape index (κ1) is 34.0. The fourth-order valence-electron chi connectivity index (χ4n) is 7.66. The Hall–Kier alpha value is -1.90. The summed E-state index contributed by atoms with van der Waals surface area (Å²) in [5, 5.41) is 0. The van der Waals surface area contributed by atoms with Gasteiger partial charge in [-0.15, -0.1) is 0 Å². The van der Waals surface area contributed by atoms with E-state index in [0.717, 1.165) is 47.9 Å². The first-order valence-corrected chi connectivity index (χ1v) is 18.8. The fraction of sp³-hybridized carbons (Fsp3) is 0.750. The summed E-state index contributed by atoms with van der Waals surface area (Å²) in [5.41, 5.74) is 2.35. The van der Waals surface area contributed by atoms with Gasteiger partial charge in [-0.25, -0.2) is 9.97 Å². The molecular weight excluding hydrogens is 524 g/mol. The average Bonchev–Trinajstić information content (AvgIpc) is 3.06. The summed E-state index contributed by atoms with van der Waals surface area (Å²) >= 11 is 0. The zero-order valence-electron chi connectivity index (χ0n) is 28.0. The van der Waals surface area contributed by atoms with Crippen LogP contribution >= 0.6 is 0 Å². The maximum absolute atomic E-state index is 6.19. The second kappa shape index (κ2) is 20.2. The lowest BCUT2D eigenvalue weighted by atomic mass is 9.78. The summed E-state index contributed by atoms with van der Waals surface area (Å²) in [6.45, 7) is 5.46. The lowest BCUT2D eigenvalue weighted by molar-refractivity contribution is 0.177. The molecule has 0 atom stereocenters. The van der Waals surface area contributed by atoms with Crippen LogP contribution < -0.4 is 4.74 Å². The van der Waals surface area contributed by atoms with Crippen molar-refractivity contribution in [3.63, 3.8) is 0 Å². The largest absolute Gasteiger partial charge is 0.493 e. The smallest absolute Gasteiger partial charge is 0.159 e. The molecule has 0 bridgehead atoms. The van der Waals surface area contributed by atoms with Gasteiger partial charge in [-0.3, -0.25) is 0 Å². The second-order valence-corrected chi connectivity index (χ2v) is 14.3. The highest BCUT2D eigenvalue weighted by molar-refractivity contribution is 5.55. The Morgan fingerprint density at radius 3 is 1.60 bits per heavy atom. The number of benzene rings is 1. The SMILES string of the molecule is CCCCCCCCCCC1CCC(CCc2cnc(-c3ccc(OCC4CCC(CCCCC)CC4)cc3)nc2)CC1. The summed E-state index contributed by atoms with van der Waals surface area (Å²) in [5.74, 6) is 5.35. The van der Waals surface area contributed by atoms with Crippen molar-refractivity contribution < 1.29 is 4.74 Å². The lowest BCUT2D eigenvalue weighted by Gasteiger charge is -2.28. The van der Waals surface area contributed by atoms with Crippen molar-refractivity contribution >= 4 is 0 Å². The molecule has 1 aromatic carbocycles. The Morgan fingerprint density at radius 2 is 1.02 bits per heavy atom. The molecule has 4 rings (SSSR count). The van der Waals surface area contributed by atoms with Crippen molar-refractivity contribution in [1.82, 2.24) is 9.97 Å². The first-order chi connectivity index (χ1) is 21.2. The molecular formula is C40H64N2O. The molecule has 1 heterocycles. The molecule has 2 aromatic rings. The van der Waals surface area contributed by atoms with Crippen LogP contribution in [0.5, 0.6) is 5.75 Å². The summed E-state index contributed by atoms with van der Waals surface area (Å²) in [6, 6.07) is 8.41. The summed E-state index contributed by atoms with van der Waals surface area (Å²) in [6.07, 6.45) is 36.3. The van der Waals surface area contributed by atoms with Crippen molar-refractivity contribution in [2.45, 2.75) is 162 Å². The molecule has 0 N–H and O–H groups in total. The minimum atomic E-state index is 0.715. The molecule has 1 aromatic heterocycles. The van der Waals surface area contributed by atoms with Crippen LogP contribution in [0.25, 0.3) is 11.4 Å². The van der Waals surface area contributed by atoms with Crippen LogP contribution in [0, 0.1) is 23.7 Å². The topological polar surface area (TPSA) is 35.0 Å². The van der Waals surface area contributed by atoms with Crippen LogP contribution in [-0.4, -0.2) is 16.6 Å². The average molecular weight is 589 g/mol. The number of nitrogens with zero attached hydrogens (tertiary/aromatic N) is 2. The molecule has 0 radical (unpaired) electrons. The van der Waals surface area contributed by atoms with Gasteiger partial charge in [-0.2, -0.15) is 0 Å². The molecule has 0 saturated heterocycles. The van der Waals surface area contributed by atoms with E-state index in [9.17, 15) is 0 Å². The number of unbranched alkanes of at least 4 members (excludes halogenated alkanes) is 9. The van der Waals surface area contributed by atoms with Crippen LogP contribution in [0.3, 0.4) is 0 Å². The molecule has 2 saturated carbocycles. The lowest BCUT2D eigenvalue weighted by Crippen LogP contribution is -2.20. The molecule has 3 nitrogen and oxygen atoms in total. The van der Waals surface area contributed by atoms with Crippen LogP contribution in [0.15, 0.2) is 36.7 Å². The molecule has 0 aliphatic heterocycles. The van der Waals surface area contributed by atoms with E-state index in [-0.39, 0.29) is 0 Å². The van der Waals surface area contributed by atoms with Crippen molar-refractivity contribution in [2.75, 3.05) is 6.61 Å². The highest BCUT2D eigenvalue weighted by Crippen LogP contribution is 2.35. The van der Waals surface area contributed by atoms with Gasteiger partial charge < -0.3 is 4.74 Å². The molecule has 0 amide bonds. The van der Waals surface area contributed by atoms with Crippen molar-refractivity contribution in [1.29, 1.82) is 0 Å². The highest BCUT2D eigenvalue weighted by Gasteiger charge is 2.22. The summed E-state index contributed by atoms with van der Waals surface area (Å²) < 4.78 is 6.19. The van der Waals surface area contributed by atoms with E-state index in [4.69, 9.17) is 14.7 Å². The Bertz CT molecular complexity index is 955. The molecule has 2 aliphatic carbocycles. The molecule has 2 aliphatic rings. The second-order valence-electron chi connectivity index (χ2n) is 14.3. The van der Waals surface area contributed by atoms with E-state index in [2.05, 4.69) is 50.5 Å². The Balaban J connectivity index is 1.07. The van der Waals surface area contributed by atoms with Gasteiger partial charge in [0.2, 0.25) is 0 Å². The third-order valence-corrected chi connectivity index (χ3v) is 10.8. The van der Waals surface area contributed by atoms with E-state index < -0.39 is 0 Å². The fourth-order valence-corrected chi connectivity index (χ4v) is 7.66. The van der Waals surface area contributed by atoms with Crippen LogP contribution in [-0.2, 0) is 6.42 Å². The van der Waals surface area contributed by atoms with Crippen LogP contribution in [0.4, 0.5) is 0 Å². The van der Waals surface area contributed by atoms with E-state index in [1.807, 2.05) is 0 Å². The zero-order valence-corrected chi connectivity index (χ0v) is 28.0. The highest BCUT2D eigenvalue weighted by atomic mass is 16.5. The molecule has 2 fully saturated rings. The monoisotopic (exact) mass is 589 g/mol. The molecule has 240 valence electrons. The van der Waals surface area contributed by atoms with Gasteiger partial charge in [0, 0.05) is 18.0 Å².